The highest BCUT2D eigenvalue weighted by molar-refractivity contribution is 6.14. The predicted octanol–water partition coefficient (Wildman–Crippen LogP) is -1.68. The number of rotatable bonds is 36. The number of nitrogens with two attached hydrogens (primary N) is 1. The van der Waals surface area contributed by atoms with Gasteiger partial charge in [-0.25, -0.2) is 9.59 Å². The first kappa shape index (κ1) is 52.9. The minimum atomic E-state index is -1.26. The van der Waals surface area contributed by atoms with Gasteiger partial charge in [-0.1, -0.05) is 18.2 Å². The van der Waals surface area contributed by atoms with E-state index in [2.05, 4.69) is 26.6 Å². The lowest BCUT2D eigenvalue weighted by Gasteiger charge is -2.22. The third-order valence-corrected chi connectivity index (χ3v) is 8.96. The van der Waals surface area contributed by atoms with Crippen molar-refractivity contribution < 1.29 is 72.3 Å². The molecule has 8 amide bonds. The number of allylic oxidation sites excluding steroid dienone is 1. The number of carboxylic acid groups (broad SMARTS) is 1. The SMILES string of the molecule is NC(=O)NCCCCC(=O)N[C@@H](CCCCNC(=O)CCOCCOCCOCCOCCOCCNC(=O)CN1C(=O)C=CC1=O)C(=O)N[C@@H](CC1=CCC(O)C=C1)C(=O)O. The Morgan fingerprint density at radius 1 is 0.661 bits per heavy atom. The molecular formula is C40H63N7O15. The number of nitrogens with one attached hydrogen (secondary N) is 5. The van der Waals surface area contributed by atoms with E-state index >= 15 is 0 Å². The maximum absolute atomic E-state index is 13.2. The van der Waals surface area contributed by atoms with Crippen LogP contribution in [0.15, 0.2) is 36.0 Å². The maximum atomic E-state index is 13.2. The van der Waals surface area contributed by atoms with Crippen LogP contribution in [0, 0.1) is 0 Å². The van der Waals surface area contributed by atoms with Gasteiger partial charge in [0.05, 0.1) is 72.2 Å². The monoisotopic (exact) mass is 881 g/mol. The second-order valence-electron chi connectivity index (χ2n) is 14.0. The molecule has 0 spiro atoms. The van der Waals surface area contributed by atoms with Gasteiger partial charge in [-0.15, -0.1) is 0 Å². The molecule has 62 heavy (non-hydrogen) atoms. The summed E-state index contributed by atoms with van der Waals surface area (Å²) < 4.78 is 27.1. The van der Waals surface area contributed by atoms with Gasteiger partial charge in [-0.05, 0) is 44.1 Å². The number of primary amides is 1. The summed E-state index contributed by atoms with van der Waals surface area (Å²) in [6.45, 7) is 3.59. The van der Waals surface area contributed by atoms with Crippen LogP contribution in [0.4, 0.5) is 4.79 Å². The second-order valence-corrected chi connectivity index (χ2v) is 14.0. The molecule has 2 aliphatic rings. The molecule has 348 valence electrons. The van der Waals surface area contributed by atoms with E-state index in [9.17, 15) is 48.6 Å². The van der Waals surface area contributed by atoms with Crippen molar-refractivity contribution in [1.29, 1.82) is 0 Å². The quantitative estimate of drug-likeness (QED) is 0.0257. The standard InChI is InChI=1S/C40H63N7O15/c41-40(57)44-15-4-2-6-34(50)45-31(38(54)46-32(39(55)56)27-29-7-9-30(48)10-8-29)5-1-3-14-42-33(49)13-17-58-19-21-60-23-25-62-26-24-61-22-20-59-18-16-43-35(51)28-47-36(52)11-12-37(47)53/h7-9,11-12,30-32,48H,1-6,10,13-28H2,(H,42,49)(H,43,51)(H,45,50)(H,46,54)(H,55,56)(H3,41,44,57)/t30?,31-,32-/m0/s1. The number of amides is 8. The molecule has 1 aliphatic carbocycles. The van der Waals surface area contributed by atoms with Gasteiger partial charge in [0.25, 0.3) is 11.8 Å². The molecule has 3 atom stereocenters. The van der Waals surface area contributed by atoms with Crippen LogP contribution in [0.1, 0.15) is 57.8 Å². The molecule has 1 aliphatic heterocycles. The molecule has 0 fully saturated rings. The lowest BCUT2D eigenvalue weighted by molar-refractivity contribution is -0.142. The van der Waals surface area contributed by atoms with Crippen LogP contribution in [0.2, 0.25) is 0 Å². The lowest BCUT2D eigenvalue weighted by atomic mass is 9.98. The molecule has 22 nitrogen and oxygen atoms in total. The number of nitrogens with zero attached hydrogens (tertiary/aromatic N) is 1. The van der Waals surface area contributed by atoms with E-state index in [1.807, 2.05) is 0 Å². The van der Waals surface area contributed by atoms with E-state index in [1.54, 1.807) is 18.2 Å². The Morgan fingerprint density at radius 2 is 1.23 bits per heavy atom. The summed E-state index contributed by atoms with van der Waals surface area (Å²) in [7, 11) is 0. The van der Waals surface area contributed by atoms with E-state index in [0.717, 1.165) is 17.1 Å². The number of imide groups is 1. The number of aliphatic hydroxyl groups is 1. The predicted molar refractivity (Wildman–Crippen MR) is 220 cm³/mol. The summed E-state index contributed by atoms with van der Waals surface area (Å²) in [5.74, 6) is -4.03. The largest absolute Gasteiger partial charge is 0.480 e. The van der Waals surface area contributed by atoms with E-state index in [4.69, 9.17) is 29.4 Å². The van der Waals surface area contributed by atoms with E-state index in [0.29, 0.717) is 97.0 Å². The normalized spacial score (nSPS) is 15.5. The first-order chi connectivity index (χ1) is 29.8. The van der Waals surface area contributed by atoms with Gasteiger partial charge in [0.2, 0.25) is 23.6 Å². The van der Waals surface area contributed by atoms with Crippen molar-refractivity contribution in [2.75, 3.05) is 92.2 Å². The number of hydrogen-bond donors (Lipinski definition) is 8. The summed E-state index contributed by atoms with van der Waals surface area (Å²) in [6.07, 6.45) is 9.02. The summed E-state index contributed by atoms with van der Waals surface area (Å²) in [5, 5.41) is 32.4. The van der Waals surface area contributed by atoms with Crippen LogP contribution >= 0.6 is 0 Å². The van der Waals surface area contributed by atoms with Crippen molar-refractivity contribution in [2.24, 2.45) is 5.73 Å². The van der Waals surface area contributed by atoms with E-state index < -0.39 is 59.7 Å². The van der Waals surface area contributed by atoms with Gasteiger partial charge in [0.15, 0.2) is 0 Å². The lowest BCUT2D eigenvalue weighted by Crippen LogP contribution is -2.51. The third-order valence-electron chi connectivity index (χ3n) is 8.96. The average Bonchev–Trinajstić information content (AvgIpc) is 3.54. The maximum Gasteiger partial charge on any atom is 0.326 e. The molecule has 0 saturated heterocycles. The first-order valence-electron chi connectivity index (χ1n) is 20.7. The fourth-order valence-corrected chi connectivity index (χ4v) is 5.66. The molecule has 2 rings (SSSR count). The molecule has 1 heterocycles. The molecule has 0 aromatic heterocycles. The van der Waals surface area contributed by atoms with Gasteiger partial charge in [-0.3, -0.25) is 33.7 Å². The summed E-state index contributed by atoms with van der Waals surface area (Å²) in [5.41, 5.74) is 5.70. The molecule has 0 aromatic carbocycles. The van der Waals surface area contributed by atoms with Gasteiger partial charge >= 0.3 is 12.0 Å². The average molecular weight is 882 g/mol. The molecule has 0 bridgehead atoms. The zero-order chi connectivity index (χ0) is 45.4. The van der Waals surface area contributed by atoms with E-state index in [1.165, 1.54) is 0 Å². The van der Waals surface area contributed by atoms with Crippen molar-refractivity contribution >= 4 is 47.4 Å². The fourth-order valence-electron chi connectivity index (χ4n) is 5.66. The Hall–Kier alpha value is -5.26. The van der Waals surface area contributed by atoms with Crippen LogP contribution in [-0.2, 0) is 57.2 Å². The highest BCUT2D eigenvalue weighted by atomic mass is 16.6. The van der Waals surface area contributed by atoms with Gasteiger partial charge < -0.3 is 66.2 Å². The summed E-state index contributed by atoms with van der Waals surface area (Å²) in [6, 6.07) is -2.95. The highest BCUT2D eigenvalue weighted by Gasteiger charge is 2.28. The van der Waals surface area contributed by atoms with Gasteiger partial charge in [-0.2, -0.15) is 0 Å². The van der Waals surface area contributed by atoms with Crippen LogP contribution in [0.5, 0.6) is 0 Å². The van der Waals surface area contributed by atoms with Crippen LogP contribution in [0.3, 0.4) is 0 Å². The van der Waals surface area contributed by atoms with Crippen molar-refractivity contribution in [3.8, 4) is 0 Å². The van der Waals surface area contributed by atoms with Crippen molar-refractivity contribution in [1.82, 2.24) is 31.5 Å². The number of urea groups is 1. The minimum absolute atomic E-state index is 0.00165. The molecule has 0 saturated carbocycles. The summed E-state index contributed by atoms with van der Waals surface area (Å²) in [4.78, 5) is 96.6. The van der Waals surface area contributed by atoms with Crippen LogP contribution in [-0.4, -0.2) is 173 Å². The highest BCUT2D eigenvalue weighted by Crippen LogP contribution is 2.16. The number of unbranched alkanes of at least 4 members (excludes halogenated alkanes) is 2. The minimum Gasteiger partial charge on any atom is -0.480 e. The molecule has 9 N–H and O–H groups in total. The number of carbonyl (C=O) groups excluding carboxylic acids is 7. The Balaban J connectivity index is 1.49. The topological polar surface area (TPSA) is 313 Å². The Labute approximate surface area is 360 Å². The zero-order valence-electron chi connectivity index (χ0n) is 35.1. The number of hydrogen-bond acceptors (Lipinski definition) is 14. The van der Waals surface area contributed by atoms with Gasteiger partial charge in [0.1, 0.15) is 18.6 Å². The zero-order valence-corrected chi connectivity index (χ0v) is 35.1. The Morgan fingerprint density at radius 3 is 1.81 bits per heavy atom. The first-order valence-corrected chi connectivity index (χ1v) is 20.7. The molecule has 1 unspecified atom stereocenters. The Bertz CT molecular complexity index is 1520. The summed E-state index contributed by atoms with van der Waals surface area (Å²) >= 11 is 0. The Kier molecular flexibility index (Phi) is 27.7. The number of aliphatic carboxylic acids is 1. The van der Waals surface area contributed by atoms with Gasteiger partial charge in [0, 0.05) is 51.0 Å². The fraction of sp³-hybridized carbons (Fsp3) is 0.650. The number of carboxylic acids is 1. The van der Waals surface area contributed by atoms with E-state index in [-0.39, 0.29) is 64.5 Å². The van der Waals surface area contributed by atoms with Crippen molar-refractivity contribution in [3.05, 3.63) is 36.0 Å². The molecule has 0 aromatic rings. The van der Waals surface area contributed by atoms with Crippen LogP contribution in [0.25, 0.3) is 0 Å². The molecule has 22 heteroatoms. The molecular weight excluding hydrogens is 818 g/mol. The number of aliphatic hydroxyl groups excluding tert-OH is 1. The van der Waals surface area contributed by atoms with Crippen molar-refractivity contribution in [2.45, 2.75) is 76.0 Å². The molecule has 0 radical (unpaired) electrons. The van der Waals surface area contributed by atoms with Crippen molar-refractivity contribution in [3.63, 3.8) is 0 Å². The second kappa shape index (κ2) is 32.5. The number of ether oxygens (including phenoxy) is 5. The smallest absolute Gasteiger partial charge is 0.326 e. The number of carbonyl (C=O) groups is 8. The van der Waals surface area contributed by atoms with Crippen LogP contribution < -0.4 is 32.3 Å². The third kappa shape index (κ3) is 25.5.